The van der Waals surface area contributed by atoms with Gasteiger partial charge in [-0.25, -0.2) is 5.90 Å². The van der Waals surface area contributed by atoms with Crippen molar-refractivity contribution in [2.75, 3.05) is 19.8 Å². The van der Waals surface area contributed by atoms with E-state index in [1.54, 1.807) is 6.92 Å². The zero-order valence-corrected chi connectivity index (χ0v) is 14.8. The van der Waals surface area contributed by atoms with Crippen molar-refractivity contribution in [2.24, 2.45) is 11.8 Å². The van der Waals surface area contributed by atoms with Crippen molar-refractivity contribution in [1.82, 2.24) is 0 Å². The van der Waals surface area contributed by atoms with Crippen LogP contribution in [0.3, 0.4) is 0 Å². The van der Waals surface area contributed by atoms with Gasteiger partial charge in [-0.3, -0.25) is 14.4 Å². The molecule has 25 heavy (non-hydrogen) atoms. The third kappa shape index (κ3) is 6.94. The third-order valence-corrected chi connectivity index (χ3v) is 3.48. The highest BCUT2D eigenvalue weighted by Gasteiger charge is 2.48. The van der Waals surface area contributed by atoms with Crippen molar-refractivity contribution in [3.8, 4) is 0 Å². The Morgan fingerprint density at radius 2 is 1.56 bits per heavy atom. The summed E-state index contributed by atoms with van der Waals surface area (Å²) in [6, 6.07) is 0. The lowest BCUT2D eigenvalue weighted by Crippen LogP contribution is -2.58. The van der Waals surface area contributed by atoms with Crippen LogP contribution in [0.2, 0.25) is 0 Å². The Labute approximate surface area is 145 Å². The molecule has 1 saturated heterocycles. The topological polar surface area (TPSA) is 133 Å². The van der Waals surface area contributed by atoms with Crippen LogP contribution in [0.1, 0.15) is 27.7 Å². The molecule has 1 fully saturated rings. The Balaban J connectivity index is 2.98. The molecule has 0 spiro atoms. The van der Waals surface area contributed by atoms with Gasteiger partial charge in [-0.1, -0.05) is 6.92 Å². The van der Waals surface area contributed by atoms with Crippen LogP contribution in [-0.2, 0) is 42.9 Å². The second-order valence-electron chi connectivity index (χ2n) is 5.59. The zero-order chi connectivity index (χ0) is 19.0. The van der Waals surface area contributed by atoms with E-state index < -0.39 is 48.4 Å². The van der Waals surface area contributed by atoms with E-state index in [4.69, 9.17) is 29.6 Å². The van der Waals surface area contributed by atoms with Crippen LogP contribution in [-0.4, -0.2) is 62.3 Å². The molecular weight excluding hydrogens is 338 g/mol. The minimum atomic E-state index is -0.943. The van der Waals surface area contributed by atoms with E-state index in [-0.39, 0.29) is 19.8 Å². The van der Waals surface area contributed by atoms with Crippen LogP contribution in [0.5, 0.6) is 0 Å². The van der Waals surface area contributed by atoms with Gasteiger partial charge in [0.15, 0.2) is 12.4 Å². The van der Waals surface area contributed by atoms with E-state index in [0.29, 0.717) is 0 Å². The summed E-state index contributed by atoms with van der Waals surface area (Å²) in [6.45, 7) is 5.50. The Bertz CT molecular complexity index is 470. The zero-order valence-electron chi connectivity index (χ0n) is 14.8. The Morgan fingerprint density at radius 1 is 0.960 bits per heavy atom. The highest BCUT2D eigenvalue weighted by Crippen LogP contribution is 2.31. The number of nitrogens with two attached hydrogens (primary N) is 1. The average Bonchev–Trinajstić information content (AvgIpc) is 2.51. The molecule has 5 atom stereocenters. The van der Waals surface area contributed by atoms with E-state index in [0.717, 1.165) is 0 Å². The van der Waals surface area contributed by atoms with Gasteiger partial charge in [0.05, 0.1) is 13.2 Å². The third-order valence-electron chi connectivity index (χ3n) is 3.48. The first kappa shape index (κ1) is 21.3. The summed E-state index contributed by atoms with van der Waals surface area (Å²) >= 11 is 0. The predicted molar refractivity (Wildman–Crippen MR) is 81.7 cm³/mol. The minimum absolute atomic E-state index is 0.132. The van der Waals surface area contributed by atoms with Gasteiger partial charge < -0.3 is 28.5 Å². The Morgan fingerprint density at radius 3 is 2.08 bits per heavy atom. The SMILES string of the molecule is CC(=O)OC[C@H]1O[C@@H](OCCON)[C@H](C)[C@@H](OC(C)=O)[C@H]1OC(C)=O. The fraction of sp³-hybridized carbons (Fsp3) is 0.800. The maximum absolute atomic E-state index is 11.5. The first-order valence-electron chi connectivity index (χ1n) is 7.82. The van der Waals surface area contributed by atoms with Gasteiger partial charge in [-0.2, -0.15) is 0 Å². The molecule has 0 unspecified atom stereocenters. The lowest BCUT2D eigenvalue weighted by atomic mass is 9.92. The number of esters is 3. The van der Waals surface area contributed by atoms with Crippen molar-refractivity contribution in [3.63, 3.8) is 0 Å². The smallest absolute Gasteiger partial charge is 0.303 e. The Hall–Kier alpha value is -1.75. The largest absolute Gasteiger partial charge is 0.463 e. The number of rotatable bonds is 8. The number of hydrogen-bond donors (Lipinski definition) is 1. The molecule has 0 aromatic heterocycles. The predicted octanol–water partition coefficient (Wildman–Crippen LogP) is -0.319. The molecule has 10 nitrogen and oxygen atoms in total. The number of carbonyl (C=O) groups excluding carboxylic acids is 3. The summed E-state index contributed by atoms with van der Waals surface area (Å²) in [5.74, 6) is 2.84. The quantitative estimate of drug-likeness (QED) is 0.265. The molecular formula is C15H25NO9. The van der Waals surface area contributed by atoms with Gasteiger partial charge in [0.1, 0.15) is 18.8 Å². The molecule has 2 N–H and O–H groups in total. The number of ether oxygens (including phenoxy) is 5. The second kappa shape index (κ2) is 10.3. The molecule has 0 aromatic carbocycles. The summed E-state index contributed by atoms with van der Waals surface area (Å²) in [6.07, 6.45) is -3.44. The van der Waals surface area contributed by atoms with Crippen LogP contribution in [0.25, 0.3) is 0 Å². The molecule has 144 valence electrons. The van der Waals surface area contributed by atoms with Crippen molar-refractivity contribution < 1.29 is 42.9 Å². The number of carbonyl (C=O) groups is 3. The van der Waals surface area contributed by atoms with Crippen molar-refractivity contribution in [1.29, 1.82) is 0 Å². The van der Waals surface area contributed by atoms with Crippen molar-refractivity contribution in [2.45, 2.75) is 52.3 Å². The van der Waals surface area contributed by atoms with Gasteiger partial charge in [0, 0.05) is 26.7 Å². The monoisotopic (exact) mass is 363 g/mol. The van der Waals surface area contributed by atoms with E-state index in [9.17, 15) is 14.4 Å². The molecule has 0 amide bonds. The molecule has 0 aromatic rings. The molecule has 10 heteroatoms. The first-order chi connectivity index (χ1) is 11.8. The van der Waals surface area contributed by atoms with Crippen molar-refractivity contribution in [3.05, 3.63) is 0 Å². The highest BCUT2D eigenvalue weighted by molar-refractivity contribution is 5.67. The van der Waals surface area contributed by atoms with Gasteiger partial charge in [-0.15, -0.1) is 0 Å². The molecule has 1 aliphatic rings. The Kier molecular flexibility index (Phi) is 8.76. The second-order valence-corrected chi connectivity index (χ2v) is 5.59. The van der Waals surface area contributed by atoms with Crippen molar-refractivity contribution >= 4 is 17.9 Å². The molecule has 1 aliphatic heterocycles. The summed E-state index contributed by atoms with van der Waals surface area (Å²) in [5.41, 5.74) is 0. The van der Waals surface area contributed by atoms with Gasteiger partial charge in [0.25, 0.3) is 0 Å². The van der Waals surface area contributed by atoms with Crippen LogP contribution in [0.4, 0.5) is 0 Å². The fourth-order valence-electron chi connectivity index (χ4n) is 2.48. The van der Waals surface area contributed by atoms with Crippen LogP contribution < -0.4 is 5.90 Å². The van der Waals surface area contributed by atoms with Gasteiger partial charge >= 0.3 is 17.9 Å². The molecule has 0 saturated carbocycles. The maximum Gasteiger partial charge on any atom is 0.303 e. The van der Waals surface area contributed by atoms with Crippen LogP contribution >= 0.6 is 0 Å². The summed E-state index contributed by atoms with van der Waals surface area (Å²) in [5, 5.41) is 0. The first-order valence-corrected chi connectivity index (χ1v) is 7.82. The molecule has 0 aliphatic carbocycles. The van der Waals surface area contributed by atoms with E-state index >= 15 is 0 Å². The highest BCUT2D eigenvalue weighted by atomic mass is 16.7. The molecule has 0 radical (unpaired) electrons. The van der Waals surface area contributed by atoms with E-state index in [1.165, 1.54) is 20.8 Å². The molecule has 1 rings (SSSR count). The van der Waals surface area contributed by atoms with E-state index in [1.807, 2.05) is 0 Å². The molecule has 0 bridgehead atoms. The van der Waals surface area contributed by atoms with E-state index in [2.05, 4.69) is 4.84 Å². The van der Waals surface area contributed by atoms with Crippen LogP contribution in [0, 0.1) is 5.92 Å². The maximum atomic E-state index is 11.5. The summed E-state index contributed by atoms with van der Waals surface area (Å²) in [7, 11) is 0. The molecule has 1 heterocycles. The minimum Gasteiger partial charge on any atom is -0.463 e. The summed E-state index contributed by atoms with van der Waals surface area (Å²) < 4.78 is 26.8. The lowest BCUT2D eigenvalue weighted by molar-refractivity contribution is -0.290. The summed E-state index contributed by atoms with van der Waals surface area (Å²) in [4.78, 5) is 38.4. The normalized spacial score (nSPS) is 28.9. The average molecular weight is 363 g/mol. The van der Waals surface area contributed by atoms with Gasteiger partial charge in [0.2, 0.25) is 0 Å². The number of hydrogen-bond acceptors (Lipinski definition) is 10. The fourth-order valence-corrected chi connectivity index (χ4v) is 2.48. The van der Waals surface area contributed by atoms with Crippen LogP contribution in [0.15, 0.2) is 0 Å². The lowest BCUT2D eigenvalue weighted by Gasteiger charge is -2.43. The standard InChI is InChI=1S/C15H25NO9/c1-8-13(23-10(3)18)14(24-11(4)19)12(7-21-9(2)17)25-15(8)20-5-6-22-16/h8,12-15H,5-7,16H2,1-4H3/t8-,12-,13-,14+,15-/m1/s1. The van der Waals surface area contributed by atoms with Gasteiger partial charge in [-0.05, 0) is 0 Å².